The van der Waals surface area contributed by atoms with E-state index in [9.17, 15) is 14.7 Å². The SMILES string of the molecule is CC(=O)N1CCCC(c2cc(-c3cccc(C(=O)O)c3)nc(C)n2)C1. The highest BCUT2D eigenvalue weighted by molar-refractivity contribution is 5.89. The summed E-state index contributed by atoms with van der Waals surface area (Å²) in [6.07, 6.45) is 1.94. The minimum absolute atomic E-state index is 0.0878. The molecule has 1 aromatic heterocycles. The van der Waals surface area contributed by atoms with Gasteiger partial charge in [-0.3, -0.25) is 4.79 Å². The third kappa shape index (κ3) is 3.84. The summed E-state index contributed by atoms with van der Waals surface area (Å²) in [5, 5.41) is 9.18. The third-order valence-corrected chi connectivity index (χ3v) is 4.55. The summed E-state index contributed by atoms with van der Waals surface area (Å²) in [6, 6.07) is 8.67. The van der Waals surface area contributed by atoms with E-state index < -0.39 is 5.97 Å². The highest BCUT2D eigenvalue weighted by Crippen LogP contribution is 2.28. The van der Waals surface area contributed by atoms with Gasteiger partial charge in [-0.05, 0) is 38.0 Å². The average Bonchev–Trinajstić information content (AvgIpc) is 2.61. The van der Waals surface area contributed by atoms with Crippen LogP contribution in [0.1, 0.15) is 47.6 Å². The van der Waals surface area contributed by atoms with E-state index in [0.29, 0.717) is 18.1 Å². The van der Waals surface area contributed by atoms with Crippen LogP contribution in [-0.2, 0) is 4.79 Å². The van der Waals surface area contributed by atoms with Gasteiger partial charge in [-0.25, -0.2) is 14.8 Å². The Bertz CT molecular complexity index is 819. The molecule has 2 aromatic rings. The smallest absolute Gasteiger partial charge is 0.335 e. The molecule has 6 heteroatoms. The second kappa shape index (κ2) is 7.01. The molecular weight excluding hydrogens is 318 g/mol. The van der Waals surface area contributed by atoms with E-state index in [1.165, 1.54) is 0 Å². The Hall–Kier alpha value is -2.76. The Labute approximate surface area is 146 Å². The lowest BCUT2D eigenvalue weighted by Gasteiger charge is -2.32. The number of carboxylic acids is 1. The predicted molar refractivity (Wildman–Crippen MR) is 93.4 cm³/mol. The van der Waals surface area contributed by atoms with Crippen molar-refractivity contribution in [3.8, 4) is 11.3 Å². The number of amides is 1. The van der Waals surface area contributed by atoms with Gasteiger partial charge in [-0.1, -0.05) is 12.1 Å². The Balaban J connectivity index is 1.94. The van der Waals surface area contributed by atoms with Gasteiger partial charge < -0.3 is 10.0 Å². The Morgan fingerprint density at radius 1 is 1.24 bits per heavy atom. The van der Waals surface area contributed by atoms with Crippen LogP contribution in [0.25, 0.3) is 11.3 Å². The van der Waals surface area contributed by atoms with E-state index in [-0.39, 0.29) is 17.4 Å². The highest BCUT2D eigenvalue weighted by atomic mass is 16.4. The molecule has 25 heavy (non-hydrogen) atoms. The van der Waals surface area contributed by atoms with Crippen molar-refractivity contribution < 1.29 is 14.7 Å². The van der Waals surface area contributed by atoms with Crippen LogP contribution >= 0.6 is 0 Å². The Morgan fingerprint density at radius 3 is 2.76 bits per heavy atom. The van der Waals surface area contributed by atoms with E-state index in [1.807, 2.05) is 24.0 Å². The van der Waals surface area contributed by atoms with Crippen molar-refractivity contribution >= 4 is 11.9 Å². The molecule has 0 bridgehead atoms. The zero-order chi connectivity index (χ0) is 18.0. The second-order valence-electron chi connectivity index (χ2n) is 6.42. The molecule has 0 aliphatic carbocycles. The molecule has 1 aromatic carbocycles. The number of aromatic carboxylic acids is 1. The number of hydrogen-bond acceptors (Lipinski definition) is 4. The number of likely N-dealkylation sites (tertiary alicyclic amines) is 1. The minimum atomic E-state index is -0.961. The predicted octanol–water partition coefficient (Wildman–Crippen LogP) is 2.88. The molecule has 1 aliphatic rings. The summed E-state index contributed by atoms with van der Waals surface area (Å²) in [7, 11) is 0. The zero-order valence-corrected chi connectivity index (χ0v) is 14.4. The number of aryl methyl sites for hydroxylation is 1. The molecule has 1 atom stereocenters. The van der Waals surface area contributed by atoms with Crippen LogP contribution < -0.4 is 0 Å². The molecule has 3 rings (SSSR count). The number of benzene rings is 1. The van der Waals surface area contributed by atoms with Crippen LogP contribution in [0, 0.1) is 6.92 Å². The molecule has 1 amide bonds. The van der Waals surface area contributed by atoms with Gasteiger partial charge in [0.1, 0.15) is 5.82 Å². The minimum Gasteiger partial charge on any atom is -0.478 e. The van der Waals surface area contributed by atoms with Crippen LogP contribution in [0.5, 0.6) is 0 Å². The maximum absolute atomic E-state index is 11.7. The summed E-state index contributed by atoms with van der Waals surface area (Å²) in [4.78, 5) is 33.8. The number of aromatic nitrogens is 2. The molecule has 1 unspecified atom stereocenters. The van der Waals surface area contributed by atoms with E-state index in [2.05, 4.69) is 9.97 Å². The lowest BCUT2D eigenvalue weighted by Crippen LogP contribution is -2.37. The molecule has 1 saturated heterocycles. The number of carbonyl (C=O) groups is 2. The van der Waals surface area contributed by atoms with Crippen molar-refractivity contribution in [3.05, 3.63) is 47.4 Å². The number of piperidine rings is 1. The number of carboxylic acid groups (broad SMARTS) is 1. The van der Waals surface area contributed by atoms with Gasteiger partial charge in [-0.2, -0.15) is 0 Å². The lowest BCUT2D eigenvalue weighted by molar-refractivity contribution is -0.130. The molecule has 1 fully saturated rings. The highest BCUT2D eigenvalue weighted by Gasteiger charge is 2.24. The van der Waals surface area contributed by atoms with Gasteiger partial charge >= 0.3 is 5.97 Å². The first-order chi connectivity index (χ1) is 11.9. The molecule has 0 saturated carbocycles. The molecule has 2 heterocycles. The monoisotopic (exact) mass is 339 g/mol. The fourth-order valence-corrected chi connectivity index (χ4v) is 3.26. The molecule has 0 radical (unpaired) electrons. The zero-order valence-electron chi connectivity index (χ0n) is 14.4. The van der Waals surface area contributed by atoms with Gasteiger partial charge in [0.2, 0.25) is 5.91 Å². The van der Waals surface area contributed by atoms with Crippen molar-refractivity contribution in [2.75, 3.05) is 13.1 Å². The van der Waals surface area contributed by atoms with E-state index in [1.54, 1.807) is 25.1 Å². The molecule has 0 spiro atoms. The van der Waals surface area contributed by atoms with Gasteiger partial charge in [-0.15, -0.1) is 0 Å². The first-order valence-corrected chi connectivity index (χ1v) is 8.39. The fourth-order valence-electron chi connectivity index (χ4n) is 3.26. The summed E-state index contributed by atoms with van der Waals surface area (Å²) < 4.78 is 0. The third-order valence-electron chi connectivity index (χ3n) is 4.55. The maximum atomic E-state index is 11.7. The summed E-state index contributed by atoms with van der Waals surface area (Å²) in [6.45, 7) is 4.89. The Morgan fingerprint density at radius 2 is 2.04 bits per heavy atom. The molecule has 1 aliphatic heterocycles. The van der Waals surface area contributed by atoms with E-state index in [0.717, 1.165) is 30.6 Å². The summed E-state index contributed by atoms with van der Waals surface area (Å²) >= 11 is 0. The van der Waals surface area contributed by atoms with Crippen LogP contribution in [0.15, 0.2) is 30.3 Å². The van der Waals surface area contributed by atoms with Crippen molar-refractivity contribution in [3.63, 3.8) is 0 Å². The van der Waals surface area contributed by atoms with Crippen LogP contribution in [-0.4, -0.2) is 44.9 Å². The van der Waals surface area contributed by atoms with Crippen molar-refractivity contribution in [1.29, 1.82) is 0 Å². The topological polar surface area (TPSA) is 83.4 Å². The van der Waals surface area contributed by atoms with Crippen molar-refractivity contribution in [2.24, 2.45) is 0 Å². The second-order valence-corrected chi connectivity index (χ2v) is 6.42. The quantitative estimate of drug-likeness (QED) is 0.929. The van der Waals surface area contributed by atoms with Crippen molar-refractivity contribution in [2.45, 2.75) is 32.6 Å². The molecule has 6 nitrogen and oxygen atoms in total. The van der Waals surface area contributed by atoms with Crippen LogP contribution in [0.3, 0.4) is 0 Å². The number of hydrogen-bond donors (Lipinski definition) is 1. The fraction of sp³-hybridized carbons (Fsp3) is 0.368. The number of carbonyl (C=O) groups excluding carboxylic acids is 1. The van der Waals surface area contributed by atoms with E-state index >= 15 is 0 Å². The van der Waals surface area contributed by atoms with Crippen molar-refractivity contribution in [1.82, 2.24) is 14.9 Å². The number of rotatable bonds is 3. The largest absolute Gasteiger partial charge is 0.478 e. The molecular formula is C19H21N3O3. The van der Waals surface area contributed by atoms with Gasteiger partial charge in [0, 0.05) is 37.2 Å². The summed E-state index contributed by atoms with van der Waals surface area (Å²) in [5.41, 5.74) is 2.61. The first kappa shape index (κ1) is 17.1. The van der Waals surface area contributed by atoms with Crippen LogP contribution in [0.2, 0.25) is 0 Å². The summed E-state index contributed by atoms with van der Waals surface area (Å²) in [5.74, 6) is -0.0453. The Kier molecular flexibility index (Phi) is 4.79. The van der Waals surface area contributed by atoms with E-state index in [4.69, 9.17) is 0 Å². The van der Waals surface area contributed by atoms with Gasteiger partial charge in [0.15, 0.2) is 0 Å². The average molecular weight is 339 g/mol. The maximum Gasteiger partial charge on any atom is 0.335 e. The normalized spacial score (nSPS) is 17.4. The van der Waals surface area contributed by atoms with Gasteiger partial charge in [0.05, 0.1) is 11.3 Å². The molecule has 1 N–H and O–H groups in total. The van der Waals surface area contributed by atoms with Crippen LogP contribution in [0.4, 0.5) is 0 Å². The van der Waals surface area contributed by atoms with Gasteiger partial charge in [0.25, 0.3) is 0 Å². The molecule has 130 valence electrons. The standard InChI is InChI=1S/C19H21N3O3/c1-12-20-17(14-5-3-6-15(9-14)19(24)25)10-18(21-12)16-7-4-8-22(11-16)13(2)23/h3,5-6,9-10,16H,4,7-8,11H2,1-2H3,(H,24,25). The lowest BCUT2D eigenvalue weighted by atomic mass is 9.93. The number of nitrogens with zero attached hydrogens (tertiary/aromatic N) is 3. The first-order valence-electron chi connectivity index (χ1n) is 8.39.